The van der Waals surface area contributed by atoms with E-state index in [9.17, 15) is 13.2 Å². The molecular formula is C25H24F3N7OS. The van der Waals surface area contributed by atoms with Crippen LogP contribution in [0.15, 0.2) is 55.2 Å². The number of aliphatic hydroxyl groups is 1. The van der Waals surface area contributed by atoms with Crippen LogP contribution in [0.25, 0.3) is 33.2 Å². The van der Waals surface area contributed by atoms with Gasteiger partial charge < -0.3 is 10.4 Å². The molecule has 37 heavy (non-hydrogen) atoms. The van der Waals surface area contributed by atoms with Gasteiger partial charge in [-0.25, -0.2) is 32.8 Å². The van der Waals surface area contributed by atoms with Gasteiger partial charge in [-0.1, -0.05) is 25.1 Å². The molecule has 1 aromatic carbocycles. The number of rotatable bonds is 8. The van der Waals surface area contributed by atoms with Gasteiger partial charge in [0.25, 0.3) is 6.43 Å². The van der Waals surface area contributed by atoms with E-state index in [1.807, 2.05) is 13.0 Å². The Bertz CT molecular complexity index is 1550. The van der Waals surface area contributed by atoms with Crippen LogP contribution in [-0.4, -0.2) is 48.0 Å². The molecule has 5 rings (SSSR count). The summed E-state index contributed by atoms with van der Waals surface area (Å²) in [6.07, 6.45) is 2.74. The van der Waals surface area contributed by atoms with Gasteiger partial charge in [-0.05, 0) is 11.6 Å². The first-order valence-electron chi connectivity index (χ1n) is 11.3. The predicted octanol–water partition coefficient (Wildman–Crippen LogP) is 4.83. The molecule has 0 unspecified atom stereocenters. The first kappa shape index (κ1) is 26.3. The van der Waals surface area contributed by atoms with E-state index in [0.717, 1.165) is 22.7 Å². The Morgan fingerprint density at radius 1 is 1.05 bits per heavy atom. The fraction of sp³-hybridized carbons (Fsp3) is 0.240. The topological polar surface area (TPSA) is 102 Å². The summed E-state index contributed by atoms with van der Waals surface area (Å²) in [4.78, 5) is 17.2. The van der Waals surface area contributed by atoms with Crippen molar-refractivity contribution >= 4 is 41.2 Å². The number of halogens is 3. The quantitative estimate of drug-likeness (QED) is 0.298. The maximum Gasteiger partial charge on any atom is 0.267 e. The Hall–Kier alpha value is -3.77. The third kappa shape index (κ3) is 5.20. The van der Waals surface area contributed by atoms with Crippen molar-refractivity contribution in [2.75, 3.05) is 18.5 Å². The van der Waals surface area contributed by atoms with E-state index < -0.39 is 17.8 Å². The lowest BCUT2D eigenvalue weighted by Gasteiger charge is -2.17. The van der Waals surface area contributed by atoms with Crippen LogP contribution in [0.4, 0.5) is 19.0 Å². The van der Waals surface area contributed by atoms with E-state index in [0.29, 0.717) is 35.8 Å². The number of aromatic nitrogens is 6. The van der Waals surface area contributed by atoms with Crippen LogP contribution in [0.1, 0.15) is 30.4 Å². The minimum atomic E-state index is -2.93. The van der Waals surface area contributed by atoms with Gasteiger partial charge in [0.15, 0.2) is 11.5 Å². The Morgan fingerprint density at radius 3 is 2.68 bits per heavy atom. The van der Waals surface area contributed by atoms with E-state index in [4.69, 9.17) is 5.11 Å². The summed E-state index contributed by atoms with van der Waals surface area (Å²) in [5.74, 6) is -0.566. The first-order valence-corrected chi connectivity index (χ1v) is 11.3. The number of hydrogen-bond donors (Lipinski definition) is 2. The standard InChI is InChI=1S/C25H22F3N7O.H2S/c1-14(17-3-2-4-18-22(24(27)28)19(26)12-30-23(17)18)9-29-21-8-20(32-13-33-21)15-7-16-11-34-35(5-6-36)25(16)31-10-15;/h2-4,7-8,10-14,24,36H,5-6,9H2,1H3,(H,29,32,33);1H2/t14-;/m1./s1. The summed E-state index contributed by atoms with van der Waals surface area (Å²) < 4.78 is 42.5. The molecule has 0 spiro atoms. The third-order valence-corrected chi connectivity index (χ3v) is 6.01. The molecule has 8 nitrogen and oxygen atoms in total. The highest BCUT2D eigenvalue weighted by Gasteiger charge is 2.20. The number of nitrogens with zero attached hydrogens (tertiary/aromatic N) is 6. The van der Waals surface area contributed by atoms with Gasteiger partial charge in [-0.3, -0.25) is 4.98 Å². The highest BCUT2D eigenvalue weighted by atomic mass is 32.1. The van der Waals surface area contributed by atoms with Crippen molar-refractivity contribution in [1.82, 2.24) is 29.7 Å². The first-order chi connectivity index (χ1) is 17.5. The van der Waals surface area contributed by atoms with Gasteiger partial charge >= 0.3 is 0 Å². The molecule has 4 aromatic heterocycles. The molecule has 4 heterocycles. The van der Waals surface area contributed by atoms with E-state index >= 15 is 0 Å². The number of para-hydroxylation sites is 1. The van der Waals surface area contributed by atoms with Crippen LogP contribution >= 0.6 is 13.5 Å². The van der Waals surface area contributed by atoms with Crippen LogP contribution < -0.4 is 5.32 Å². The average Bonchev–Trinajstić information content (AvgIpc) is 3.29. The zero-order valence-electron chi connectivity index (χ0n) is 19.7. The van der Waals surface area contributed by atoms with E-state index in [2.05, 4.69) is 30.4 Å². The summed E-state index contributed by atoms with van der Waals surface area (Å²) in [5.41, 5.74) is 2.57. The smallest absolute Gasteiger partial charge is 0.267 e. The molecular weight excluding hydrogens is 503 g/mol. The van der Waals surface area contributed by atoms with Gasteiger partial charge in [0, 0.05) is 41.1 Å². The third-order valence-electron chi connectivity index (χ3n) is 6.01. The molecule has 0 aliphatic carbocycles. The van der Waals surface area contributed by atoms with E-state index in [1.54, 1.807) is 35.3 Å². The summed E-state index contributed by atoms with van der Waals surface area (Å²) in [7, 11) is 0. The fourth-order valence-electron chi connectivity index (χ4n) is 4.21. The monoisotopic (exact) mass is 527 g/mol. The Labute approximate surface area is 217 Å². The molecule has 0 amide bonds. The van der Waals surface area contributed by atoms with Crippen molar-refractivity contribution in [3.8, 4) is 11.3 Å². The number of hydrogen-bond acceptors (Lipinski definition) is 7. The fourth-order valence-corrected chi connectivity index (χ4v) is 4.21. The van der Waals surface area contributed by atoms with Crippen LogP contribution in [0, 0.1) is 5.82 Å². The maximum absolute atomic E-state index is 14.0. The lowest BCUT2D eigenvalue weighted by atomic mass is 9.96. The Kier molecular flexibility index (Phi) is 7.89. The molecule has 0 bridgehead atoms. The zero-order valence-corrected chi connectivity index (χ0v) is 20.7. The van der Waals surface area contributed by atoms with Crippen LogP contribution in [0.2, 0.25) is 0 Å². The minimum Gasteiger partial charge on any atom is -0.394 e. The average molecular weight is 528 g/mol. The number of aliphatic hydroxyl groups excluding tert-OH is 1. The summed E-state index contributed by atoms with van der Waals surface area (Å²) in [6, 6.07) is 8.61. The number of pyridine rings is 2. The Balaban J connectivity index is 0.00000320. The largest absolute Gasteiger partial charge is 0.394 e. The number of benzene rings is 1. The van der Waals surface area contributed by atoms with E-state index in [-0.39, 0.29) is 31.4 Å². The van der Waals surface area contributed by atoms with Crippen molar-refractivity contribution < 1.29 is 18.3 Å². The van der Waals surface area contributed by atoms with Crippen LogP contribution in [0.5, 0.6) is 0 Å². The number of anilines is 1. The minimum absolute atomic E-state index is 0. The van der Waals surface area contributed by atoms with Crippen molar-refractivity contribution in [1.29, 1.82) is 0 Å². The molecule has 1 atom stereocenters. The lowest BCUT2D eigenvalue weighted by molar-refractivity contribution is 0.148. The van der Waals surface area contributed by atoms with Crippen LogP contribution in [-0.2, 0) is 6.54 Å². The number of nitrogens with one attached hydrogen (secondary N) is 1. The normalized spacial score (nSPS) is 12.2. The molecule has 192 valence electrons. The summed E-state index contributed by atoms with van der Waals surface area (Å²) >= 11 is 0. The van der Waals surface area contributed by atoms with Crippen molar-refractivity contribution in [3.05, 3.63) is 72.2 Å². The summed E-state index contributed by atoms with van der Waals surface area (Å²) in [6.45, 7) is 2.70. The SMILES string of the molecule is C[C@H](CNc1cc(-c2cnc3c(cnn3CCO)c2)ncn1)c1cccc2c(C(F)F)c(F)cnc12.S. The van der Waals surface area contributed by atoms with Crippen LogP contribution in [0.3, 0.4) is 0 Å². The van der Waals surface area contributed by atoms with Gasteiger partial charge in [0.2, 0.25) is 0 Å². The van der Waals surface area contributed by atoms with Crippen molar-refractivity contribution in [2.24, 2.45) is 0 Å². The van der Waals surface area contributed by atoms with E-state index in [1.165, 1.54) is 12.4 Å². The molecule has 0 fully saturated rings. The number of fused-ring (bicyclic) bond motifs is 2. The predicted molar refractivity (Wildman–Crippen MR) is 140 cm³/mol. The lowest BCUT2D eigenvalue weighted by Crippen LogP contribution is -2.12. The second-order valence-corrected chi connectivity index (χ2v) is 8.36. The molecule has 0 saturated carbocycles. The molecule has 0 saturated heterocycles. The zero-order chi connectivity index (χ0) is 25.2. The molecule has 0 radical (unpaired) electrons. The summed E-state index contributed by atoms with van der Waals surface area (Å²) in [5, 5.41) is 17.6. The van der Waals surface area contributed by atoms with Crippen molar-refractivity contribution in [3.63, 3.8) is 0 Å². The molecule has 2 N–H and O–H groups in total. The second-order valence-electron chi connectivity index (χ2n) is 8.36. The highest BCUT2D eigenvalue weighted by molar-refractivity contribution is 7.59. The maximum atomic E-state index is 14.0. The van der Waals surface area contributed by atoms with Gasteiger partial charge in [-0.15, -0.1) is 0 Å². The van der Waals surface area contributed by atoms with Gasteiger partial charge in [-0.2, -0.15) is 18.6 Å². The highest BCUT2D eigenvalue weighted by Crippen LogP contribution is 2.33. The van der Waals surface area contributed by atoms with Gasteiger partial charge in [0.05, 0.1) is 42.3 Å². The molecule has 0 aliphatic rings. The number of alkyl halides is 2. The molecule has 12 heteroatoms. The Morgan fingerprint density at radius 2 is 1.89 bits per heavy atom. The van der Waals surface area contributed by atoms with Crippen molar-refractivity contribution in [2.45, 2.75) is 25.8 Å². The molecule has 5 aromatic rings. The second kappa shape index (κ2) is 11.1. The molecule has 0 aliphatic heterocycles. The van der Waals surface area contributed by atoms with Gasteiger partial charge in [0.1, 0.15) is 12.1 Å².